The van der Waals surface area contributed by atoms with Crippen molar-refractivity contribution in [1.29, 1.82) is 0 Å². The first kappa shape index (κ1) is 17.6. The number of amides is 1. The quantitative estimate of drug-likeness (QED) is 0.836. The summed E-state index contributed by atoms with van der Waals surface area (Å²) in [6.45, 7) is 10.7. The topological polar surface area (TPSA) is 38.8 Å². The molecule has 1 aliphatic heterocycles. The highest BCUT2D eigenvalue weighted by Crippen LogP contribution is 2.19. The third-order valence-electron chi connectivity index (χ3n) is 4.52. The second kappa shape index (κ2) is 8.77. The van der Waals surface area contributed by atoms with Crippen LogP contribution in [0.4, 0.5) is 11.4 Å². The van der Waals surface area contributed by atoms with Crippen molar-refractivity contribution in [3.63, 3.8) is 0 Å². The largest absolute Gasteiger partial charge is 0.385 e. The molecule has 23 heavy (non-hydrogen) atoms. The van der Waals surface area contributed by atoms with E-state index in [2.05, 4.69) is 46.4 Å². The van der Waals surface area contributed by atoms with Crippen LogP contribution in [0.15, 0.2) is 24.3 Å². The third kappa shape index (κ3) is 5.13. The zero-order valence-electron chi connectivity index (χ0n) is 14.7. The van der Waals surface area contributed by atoms with Crippen molar-refractivity contribution >= 4 is 17.3 Å². The third-order valence-corrected chi connectivity index (χ3v) is 4.52. The molecular weight excluding hydrogens is 288 g/mol. The molecular formula is C18H30N4O. The molecule has 1 N–H and O–H groups in total. The van der Waals surface area contributed by atoms with Gasteiger partial charge in [0.1, 0.15) is 0 Å². The normalized spacial score (nSPS) is 15.5. The molecule has 0 aromatic heterocycles. The summed E-state index contributed by atoms with van der Waals surface area (Å²) in [4.78, 5) is 18.6. The van der Waals surface area contributed by atoms with Crippen LogP contribution in [-0.2, 0) is 4.79 Å². The first-order chi connectivity index (χ1) is 11.1. The van der Waals surface area contributed by atoms with Crippen LogP contribution in [-0.4, -0.2) is 68.6 Å². The number of nitrogens with zero attached hydrogens (tertiary/aromatic N) is 3. The highest BCUT2D eigenvalue weighted by molar-refractivity contribution is 5.76. The average Bonchev–Trinajstić information content (AvgIpc) is 2.57. The summed E-state index contributed by atoms with van der Waals surface area (Å²) in [5.41, 5.74) is 2.36. The van der Waals surface area contributed by atoms with Gasteiger partial charge in [-0.05, 0) is 45.2 Å². The minimum atomic E-state index is 0.219. The Morgan fingerprint density at radius 3 is 2.26 bits per heavy atom. The molecule has 1 aromatic rings. The molecule has 0 spiro atoms. The van der Waals surface area contributed by atoms with Gasteiger partial charge in [-0.1, -0.05) is 0 Å². The molecule has 1 fully saturated rings. The molecule has 1 aromatic carbocycles. The van der Waals surface area contributed by atoms with E-state index in [4.69, 9.17) is 0 Å². The Hall–Kier alpha value is -1.75. The van der Waals surface area contributed by atoms with E-state index in [1.165, 1.54) is 5.69 Å². The minimum absolute atomic E-state index is 0.219. The van der Waals surface area contributed by atoms with Crippen molar-refractivity contribution in [2.24, 2.45) is 0 Å². The van der Waals surface area contributed by atoms with Gasteiger partial charge in [0.15, 0.2) is 0 Å². The maximum Gasteiger partial charge on any atom is 0.224 e. The molecule has 1 saturated heterocycles. The summed E-state index contributed by atoms with van der Waals surface area (Å²) in [5.74, 6) is 0.219. The van der Waals surface area contributed by atoms with Gasteiger partial charge in [0.05, 0.1) is 0 Å². The van der Waals surface area contributed by atoms with Crippen molar-refractivity contribution in [1.82, 2.24) is 9.80 Å². The van der Waals surface area contributed by atoms with Gasteiger partial charge >= 0.3 is 0 Å². The van der Waals surface area contributed by atoms with Crippen molar-refractivity contribution in [3.8, 4) is 0 Å². The van der Waals surface area contributed by atoms with Crippen molar-refractivity contribution in [2.45, 2.75) is 20.3 Å². The van der Waals surface area contributed by atoms with Gasteiger partial charge in [-0.15, -0.1) is 0 Å². The van der Waals surface area contributed by atoms with E-state index in [-0.39, 0.29) is 5.91 Å². The number of likely N-dealkylation sites (N-methyl/N-ethyl adjacent to an activating group) is 1. The number of benzene rings is 1. The Kier molecular flexibility index (Phi) is 6.71. The Bertz CT molecular complexity index is 476. The lowest BCUT2D eigenvalue weighted by Crippen LogP contribution is -2.44. The molecule has 0 unspecified atom stereocenters. The second-order valence-electron chi connectivity index (χ2n) is 6.08. The average molecular weight is 318 g/mol. The fourth-order valence-electron chi connectivity index (χ4n) is 2.90. The lowest BCUT2D eigenvalue weighted by Gasteiger charge is -2.34. The second-order valence-corrected chi connectivity index (χ2v) is 6.08. The summed E-state index contributed by atoms with van der Waals surface area (Å²) in [6.07, 6.45) is 0.544. The maximum absolute atomic E-state index is 12.0. The molecule has 0 aliphatic carbocycles. The molecule has 0 saturated carbocycles. The van der Waals surface area contributed by atoms with Crippen LogP contribution in [0, 0.1) is 0 Å². The Labute approximate surface area is 140 Å². The lowest BCUT2D eigenvalue weighted by atomic mass is 10.2. The predicted octanol–water partition coefficient (Wildman–Crippen LogP) is 2.11. The number of rotatable bonds is 7. The van der Waals surface area contributed by atoms with Gasteiger partial charge < -0.3 is 20.0 Å². The number of hydrogen-bond donors (Lipinski definition) is 1. The van der Waals surface area contributed by atoms with Gasteiger partial charge in [0.2, 0.25) is 5.91 Å². The van der Waals surface area contributed by atoms with Gasteiger partial charge in [-0.25, -0.2) is 0 Å². The first-order valence-corrected chi connectivity index (χ1v) is 8.69. The first-order valence-electron chi connectivity index (χ1n) is 8.69. The molecule has 1 aliphatic rings. The molecule has 0 bridgehead atoms. The van der Waals surface area contributed by atoms with E-state index in [0.29, 0.717) is 13.0 Å². The van der Waals surface area contributed by atoms with Crippen LogP contribution in [0.25, 0.3) is 0 Å². The number of nitrogens with one attached hydrogen (secondary N) is 1. The van der Waals surface area contributed by atoms with Gasteiger partial charge in [-0.2, -0.15) is 0 Å². The summed E-state index contributed by atoms with van der Waals surface area (Å²) in [5, 5.41) is 3.34. The van der Waals surface area contributed by atoms with Gasteiger partial charge in [0.25, 0.3) is 0 Å². The summed E-state index contributed by atoms with van der Waals surface area (Å²) < 4.78 is 0. The summed E-state index contributed by atoms with van der Waals surface area (Å²) in [6, 6.07) is 8.55. The van der Waals surface area contributed by atoms with E-state index >= 15 is 0 Å². The Balaban J connectivity index is 1.78. The SMILES string of the molecule is CCN(CC)C(=O)CCNc1ccc(N2CCN(C)CC2)cc1. The number of piperazine rings is 1. The fourth-order valence-corrected chi connectivity index (χ4v) is 2.90. The van der Waals surface area contributed by atoms with Crippen molar-refractivity contribution in [2.75, 3.05) is 63.1 Å². The fraction of sp³-hybridized carbons (Fsp3) is 0.611. The van der Waals surface area contributed by atoms with Gasteiger partial charge in [0, 0.05) is 63.6 Å². The predicted molar refractivity (Wildman–Crippen MR) is 97.2 cm³/mol. The number of carbonyl (C=O) groups is 1. The van der Waals surface area contributed by atoms with E-state index in [0.717, 1.165) is 45.0 Å². The van der Waals surface area contributed by atoms with Crippen LogP contribution < -0.4 is 10.2 Å². The van der Waals surface area contributed by atoms with E-state index in [1.54, 1.807) is 0 Å². The van der Waals surface area contributed by atoms with Crippen LogP contribution in [0.1, 0.15) is 20.3 Å². The molecule has 0 atom stereocenters. The zero-order valence-corrected chi connectivity index (χ0v) is 14.7. The van der Waals surface area contributed by atoms with E-state index in [9.17, 15) is 4.79 Å². The highest BCUT2D eigenvalue weighted by Gasteiger charge is 2.14. The van der Waals surface area contributed by atoms with Gasteiger partial charge in [-0.3, -0.25) is 4.79 Å². The number of anilines is 2. The molecule has 2 rings (SSSR count). The van der Waals surface area contributed by atoms with Crippen LogP contribution >= 0.6 is 0 Å². The molecule has 128 valence electrons. The summed E-state index contributed by atoms with van der Waals surface area (Å²) >= 11 is 0. The Morgan fingerprint density at radius 1 is 1.09 bits per heavy atom. The maximum atomic E-state index is 12.0. The molecule has 5 heteroatoms. The minimum Gasteiger partial charge on any atom is -0.385 e. The highest BCUT2D eigenvalue weighted by atomic mass is 16.2. The number of hydrogen-bond acceptors (Lipinski definition) is 4. The van der Waals surface area contributed by atoms with E-state index in [1.807, 2.05) is 18.7 Å². The Morgan fingerprint density at radius 2 is 1.70 bits per heavy atom. The molecule has 1 heterocycles. The summed E-state index contributed by atoms with van der Waals surface area (Å²) in [7, 11) is 2.17. The standard InChI is InChI=1S/C18H30N4O/c1-4-21(5-2)18(23)10-11-19-16-6-8-17(9-7-16)22-14-12-20(3)13-15-22/h6-9,19H,4-5,10-15H2,1-3H3. The van der Waals surface area contributed by atoms with Crippen LogP contribution in [0.5, 0.6) is 0 Å². The molecule has 5 nitrogen and oxygen atoms in total. The lowest BCUT2D eigenvalue weighted by molar-refractivity contribution is -0.130. The molecule has 0 radical (unpaired) electrons. The smallest absolute Gasteiger partial charge is 0.224 e. The number of carbonyl (C=O) groups excluding carboxylic acids is 1. The van der Waals surface area contributed by atoms with Crippen molar-refractivity contribution in [3.05, 3.63) is 24.3 Å². The van der Waals surface area contributed by atoms with E-state index < -0.39 is 0 Å². The monoisotopic (exact) mass is 318 g/mol. The molecule has 1 amide bonds. The van der Waals surface area contributed by atoms with Crippen LogP contribution in [0.2, 0.25) is 0 Å². The van der Waals surface area contributed by atoms with Crippen LogP contribution in [0.3, 0.4) is 0 Å². The zero-order chi connectivity index (χ0) is 16.7. The van der Waals surface area contributed by atoms with Crippen molar-refractivity contribution < 1.29 is 4.79 Å².